The first-order valence-electron chi connectivity index (χ1n) is 4.74. The average molecular weight is 227 g/mol. The maximum absolute atomic E-state index is 11.6. The summed E-state index contributed by atoms with van der Waals surface area (Å²) >= 11 is 6.02. The van der Waals surface area contributed by atoms with E-state index < -0.39 is 5.41 Å². The lowest BCUT2D eigenvalue weighted by atomic mass is 9.84. The molecule has 0 saturated heterocycles. The highest BCUT2D eigenvalue weighted by atomic mass is 35.5. The van der Waals surface area contributed by atoms with Crippen LogP contribution in [0, 0.1) is 6.92 Å². The maximum Gasteiger partial charge on any atom is 0.315 e. The van der Waals surface area contributed by atoms with Crippen molar-refractivity contribution in [3.8, 4) is 0 Å². The molecule has 3 heteroatoms. The molecule has 0 radical (unpaired) electrons. The minimum atomic E-state index is -0.661. The highest BCUT2D eigenvalue weighted by Crippen LogP contribution is 2.28. The second kappa shape index (κ2) is 4.23. The summed E-state index contributed by atoms with van der Waals surface area (Å²) in [6.07, 6.45) is 0. The number of carbonyl (C=O) groups excluding carboxylic acids is 1. The summed E-state index contributed by atoms with van der Waals surface area (Å²) in [7, 11) is 1.39. The van der Waals surface area contributed by atoms with Gasteiger partial charge in [0.15, 0.2) is 0 Å². The van der Waals surface area contributed by atoms with Crippen LogP contribution in [0.15, 0.2) is 18.2 Å². The number of hydrogen-bond acceptors (Lipinski definition) is 2. The Balaban J connectivity index is 3.16. The lowest BCUT2D eigenvalue weighted by molar-refractivity contribution is -0.146. The summed E-state index contributed by atoms with van der Waals surface area (Å²) < 4.78 is 4.76. The van der Waals surface area contributed by atoms with Gasteiger partial charge in [0.1, 0.15) is 0 Å². The highest BCUT2D eigenvalue weighted by molar-refractivity contribution is 6.31. The molecule has 0 saturated carbocycles. The zero-order valence-corrected chi connectivity index (χ0v) is 10.2. The largest absolute Gasteiger partial charge is 0.468 e. The van der Waals surface area contributed by atoms with Gasteiger partial charge in [-0.05, 0) is 38.0 Å². The molecule has 0 fully saturated rings. The topological polar surface area (TPSA) is 26.3 Å². The van der Waals surface area contributed by atoms with E-state index in [0.29, 0.717) is 5.02 Å². The van der Waals surface area contributed by atoms with Gasteiger partial charge in [0, 0.05) is 5.02 Å². The molecule has 0 atom stereocenters. The summed E-state index contributed by atoms with van der Waals surface area (Å²) in [4.78, 5) is 11.6. The predicted molar refractivity (Wildman–Crippen MR) is 61.2 cm³/mol. The van der Waals surface area contributed by atoms with Crippen molar-refractivity contribution in [3.63, 3.8) is 0 Å². The molecular formula is C12H15ClO2. The van der Waals surface area contributed by atoms with E-state index in [4.69, 9.17) is 16.3 Å². The van der Waals surface area contributed by atoms with Crippen LogP contribution >= 0.6 is 11.6 Å². The third-order valence-corrected chi connectivity index (χ3v) is 3.00. The van der Waals surface area contributed by atoms with E-state index in [2.05, 4.69) is 0 Å². The predicted octanol–water partition coefficient (Wildman–Crippen LogP) is 3.10. The molecule has 2 nitrogen and oxygen atoms in total. The molecule has 0 heterocycles. The van der Waals surface area contributed by atoms with Crippen molar-refractivity contribution in [1.29, 1.82) is 0 Å². The van der Waals surface area contributed by atoms with Gasteiger partial charge in [0.2, 0.25) is 0 Å². The summed E-state index contributed by atoms with van der Waals surface area (Å²) in [5, 5.41) is 0.671. The summed E-state index contributed by atoms with van der Waals surface area (Å²) in [6, 6.07) is 5.62. The summed E-state index contributed by atoms with van der Waals surface area (Å²) in [5.74, 6) is -0.262. The monoisotopic (exact) mass is 226 g/mol. The number of methoxy groups -OCH3 is 1. The molecule has 0 spiro atoms. The van der Waals surface area contributed by atoms with E-state index in [9.17, 15) is 4.79 Å². The quantitative estimate of drug-likeness (QED) is 0.725. The van der Waals surface area contributed by atoms with Crippen molar-refractivity contribution in [2.24, 2.45) is 0 Å². The van der Waals surface area contributed by atoms with E-state index in [1.54, 1.807) is 0 Å². The van der Waals surface area contributed by atoms with Gasteiger partial charge in [0.25, 0.3) is 0 Å². The SMILES string of the molecule is COC(=O)C(C)(C)c1ccc(C)c(Cl)c1. The lowest BCUT2D eigenvalue weighted by Crippen LogP contribution is -2.30. The molecule has 0 aromatic heterocycles. The summed E-state index contributed by atoms with van der Waals surface area (Å²) in [6.45, 7) is 5.57. The van der Waals surface area contributed by atoms with E-state index >= 15 is 0 Å². The van der Waals surface area contributed by atoms with E-state index in [0.717, 1.165) is 11.1 Å². The van der Waals surface area contributed by atoms with E-state index in [1.165, 1.54) is 7.11 Å². The lowest BCUT2D eigenvalue weighted by Gasteiger charge is -2.22. The van der Waals surface area contributed by atoms with Crippen molar-refractivity contribution in [2.75, 3.05) is 7.11 Å². The van der Waals surface area contributed by atoms with Crippen LogP contribution in [0.4, 0.5) is 0 Å². The van der Waals surface area contributed by atoms with Crippen molar-refractivity contribution in [1.82, 2.24) is 0 Å². The van der Waals surface area contributed by atoms with Gasteiger partial charge in [-0.1, -0.05) is 23.7 Å². The number of hydrogen-bond donors (Lipinski definition) is 0. The Labute approximate surface area is 95.2 Å². The molecule has 1 aromatic rings. The number of ether oxygens (including phenoxy) is 1. The van der Waals surface area contributed by atoms with Crippen molar-refractivity contribution in [3.05, 3.63) is 34.3 Å². The first kappa shape index (κ1) is 12.1. The van der Waals surface area contributed by atoms with Gasteiger partial charge < -0.3 is 4.74 Å². The fourth-order valence-corrected chi connectivity index (χ4v) is 1.54. The van der Waals surface area contributed by atoms with Gasteiger partial charge >= 0.3 is 5.97 Å². The molecule has 0 aliphatic rings. The molecule has 0 aliphatic heterocycles. The molecule has 15 heavy (non-hydrogen) atoms. The number of aryl methyl sites for hydroxylation is 1. The Morgan fingerprint density at radius 3 is 2.47 bits per heavy atom. The molecule has 82 valence electrons. The molecule has 0 unspecified atom stereocenters. The van der Waals surface area contributed by atoms with Crippen LogP contribution in [0.1, 0.15) is 25.0 Å². The van der Waals surface area contributed by atoms with Gasteiger partial charge in [-0.15, -0.1) is 0 Å². The zero-order valence-electron chi connectivity index (χ0n) is 9.43. The van der Waals surface area contributed by atoms with Gasteiger partial charge in [-0.3, -0.25) is 4.79 Å². The molecule has 0 N–H and O–H groups in total. The minimum absolute atomic E-state index is 0.262. The third-order valence-electron chi connectivity index (χ3n) is 2.59. The van der Waals surface area contributed by atoms with Gasteiger partial charge in [-0.2, -0.15) is 0 Å². The molecule has 0 aliphatic carbocycles. The third kappa shape index (κ3) is 2.32. The fraction of sp³-hybridized carbons (Fsp3) is 0.417. The van der Waals surface area contributed by atoms with Crippen LogP contribution in [-0.4, -0.2) is 13.1 Å². The van der Waals surface area contributed by atoms with Gasteiger partial charge in [-0.25, -0.2) is 0 Å². The smallest absolute Gasteiger partial charge is 0.315 e. The second-order valence-electron chi connectivity index (χ2n) is 4.08. The second-order valence-corrected chi connectivity index (χ2v) is 4.49. The van der Waals surface area contributed by atoms with Gasteiger partial charge in [0.05, 0.1) is 12.5 Å². The van der Waals surface area contributed by atoms with Crippen LogP contribution in [0.25, 0.3) is 0 Å². The number of benzene rings is 1. The zero-order chi connectivity index (χ0) is 11.6. The maximum atomic E-state index is 11.6. The molecule has 0 bridgehead atoms. The first-order valence-corrected chi connectivity index (χ1v) is 5.12. The van der Waals surface area contributed by atoms with Crippen LogP contribution in [-0.2, 0) is 14.9 Å². The van der Waals surface area contributed by atoms with Crippen LogP contribution in [0.3, 0.4) is 0 Å². The number of halogens is 1. The number of esters is 1. The highest BCUT2D eigenvalue weighted by Gasteiger charge is 2.31. The number of carbonyl (C=O) groups is 1. The van der Waals surface area contributed by atoms with Crippen molar-refractivity contribution in [2.45, 2.75) is 26.2 Å². The Morgan fingerprint density at radius 1 is 1.40 bits per heavy atom. The minimum Gasteiger partial charge on any atom is -0.468 e. The normalized spacial score (nSPS) is 11.3. The molecular weight excluding hydrogens is 212 g/mol. The average Bonchev–Trinajstić information content (AvgIpc) is 2.20. The van der Waals surface area contributed by atoms with Crippen molar-refractivity contribution < 1.29 is 9.53 Å². The molecule has 0 amide bonds. The van der Waals surface area contributed by atoms with E-state index in [-0.39, 0.29) is 5.97 Å². The van der Waals surface area contributed by atoms with E-state index in [1.807, 2.05) is 39.0 Å². The fourth-order valence-electron chi connectivity index (χ4n) is 1.35. The Hall–Kier alpha value is -1.02. The van der Waals surface area contributed by atoms with Crippen LogP contribution < -0.4 is 0 Å². The Bertz CT molecular complexity index is 383. The Kier molecular flexibility index (Phi) is 3.40. The molecule has 1 rings (SSSR count). The van der Waals surface area contributed by atoms with Crippen LogP contribution in [0.5, 0.6) is 0 Å². The first-order chi connectivity index (χ1) is 6.89. The van der Waals surface area contributed by atoms with Crippen molar-refractivity contribution >= 4 is 17.6 Å². The van der Waals surface area contributed by atoms with Crippen LogP contribution in [0.2, 0.25) is 5.02 Å². The standard InChI is InChI=1S/C12H15ClO2/c1-8-5-6-9(7-10(8)13)12(2,3)11(14)15-4/h5-7H,1-4H3. The molecule has 1 aromatic carbocycles. The number of rotatable bonds is 2. The Morgan fingerprint density at radius 2 is 2.00 bits per heavy atom. The summed E-state index contributed by atoms with van der Waals surface area (Å²) in [5.41, 5.74) is 1.21.